The third-order valence-corrected chi connectivity index (χ3v) is 11.8. The van der Waals surface area contributed by atoms with Crippen LogP contribution in [0.25, 0.3) is 116 Å². The van der Waals surface area contributed by atoms with Crippen LogP contribution in [-0.4, -0.2) is 28.3 Å². The fourth-order valence-corrected chi connectivity index (χ4v) is 9.37. The van der Waals surface area contributed by atoms with E-state index in [4.69, 9.17) is 15.0 Å². The minimum atomic E-state index is 0.636. The van der Waals surface area contributed by atoms with E-state index in [0.29, 0.717) is 17.5 Å². The Labute approximate surface area is 325 Å². The summed E-state index contributed by atoms with van der Waals surface area (Å²) in [7, 11) is 0. The Morgan fingerprint density at radius 2 is 0.684 bits per heavy atom. The molecule has 0 N–H and O–H groups in total. The second kappa shape index (κ2) is 11.4. The summed E-state index contributed by atoms with van der Waals surface area (Å²) in [5.41, 5.74) is 13.4. The lowest BCUT2D eigenvalue weighted by atomic mass is 10.1. The van der Waals surface area contributed by atoms with Crippen LogP contribution in [0.15, 0.2) is 182 Å². The van der Waals surface area contributed by atoms with Crippen molar-refractivity contribution in [3.63, 3.8) is 0 Å². The van der Waals surface area contributed by atoms with Crippen LogP contribution < -0.4 is 0 Å². The highest BCUT2D eigenvalue weighted by atomic mass is 15.0. The Kier molecular flexibility index (Phi) is 6.07. The summed E-state index contributed by atoms with van der Waals surface area (Å²) in [5.74, 6) is 1.93. The van der Waals surface area contributed by atoms with E-state index >= 15 is 0 Å². The van der Waals surface area contributed by atoms with Gasteiger partial charge in [0.25, 0.3) is 0 Å². The Balaban J connectivity index is 1.11. The lowest BCUT2D eigenvalue weighted by molar-refractivity contribution is 1.07. The third kappa shape index (κ3) is 4.21. The molecule has 2 bridgehead atoms. The number of para-hydroxylation sites is 2. The van der Waals surface area contributed by atoms with Crippen molar-refractivity contribution in [2.45, 2.75) is 0 Å². The minimum absolute atomic E-state index is 0.636. The highest BCUT2D eigenvalue weighted by Gasteiger charge is 2.22. The first kappa shape index (κ1) is 30.5. The molecule has 5 heterocycles. The van der Waals surface area contributed by atoms with Gasteiger partial charge in [0.15, 0.2) is 17.5 Å². The average molecular weight is 727 g/mol. The van der Waals surface area contributed by atoms with E-state index in [-0.39, 0.29) is 0 Å². The number of rotatable bonds is 4. The molecule has 264 valence electrons. The van der Waals surface area contributed by atoms with Crippen LogP contribution in [0, 0.1) is 0 Å². The monoisotopic (exact) mass is 726 g/mol. The summed E-state index contributed by atoms with van der Waals surface area (Å²) in [4.78, 5) is 14.9. The number of nitrogens with zero attached hydrogens (tertiary/aromatic N) is 6. The molecule has 6 heteroatoms. The van der Waals surface area contributed by atoms with E-state index in [1.165, 1.54) is 65.4 Å². The van der Waals surface area contributed by atoms with E-state index in [9.17, 15) is 0 Å². The molecule has 0 saturated heterocycles. The first-order valence-corrected chi connectivity index (χ1v) is 19.3. The predicted molar refractivity (Wildman–Crippen MR) is 234 cm³/mol. The SMILES string of the molecule is c1ccc(-c2nc(-c3ccccc3)nc(-c3ccc(-n4c5cccc6c5c5c4cccc5n4c5ccccc5c5cc7c8ccccc8n6c7cc54)cc3)n2)cc1. The summed E-state index contributed by atoms with van der Waals surface area (Å²) in [6, 6.07) is 64.9. The van der Waals surface area contributed by atoms with Crippen molar-refractivity contribution in [1.82, 2.24) is 28.3 Å². The molecule has 6 nitrogen and oxygen atoms in total. The van der Waals surface area contributed by atoms with Gasteiger partial charge in [0, 0.05) is 54.7 Å². The largest absolute Gasteiger partial charge is 0.309 e. The van der Waals surface area contributed by atoms with E-state index < -0.39 is 0 Å². The molecule has 0 radical (unpaired) electrons. The maximum absolute atomic E-state index is 5.01. The van der Waals surface area contributed by atoms with Crippen molar-refractivity contribution in [1.29, 1.82) is 0 Å². The van der Waals surface area contributed by atoms with Gasteiger partial charge in [0.05, 0.1) is 44.1 Å². The second-order valence-electron chi connectivity index (χ2n) is 14.9. The standard InChI is InChI=1S/C51H30N6/c1-3-13-31(14-4-1)49-52-50(32-15-5-2-6-16-32)54-51(53-49)33-25-27-34(28-26-33)55-41-21-11-23-43-47(41)48-42(55)22-12-24-44(48)57-40-20-10-8-18-36(40)38-29-37-35-17-7-9-19-39(35)56(43)45(37)30-46(38)57/h1-30H. The third-order valence-electron chi connectivity index (χ3n) is 11.8. The summed E-state index contributed by atoms with van der Waals surface area (Å²) >= 11 is 0. The van der Waals surface area contributed by atoms with Crippen molar-refractivity contribution in [2.75, 3.05) is 0 Å². The molecule has 0 fully saturated rings. The average Bonchev–Trinajstić information content (AvgIpc) is 3.92. The molecule has 5 aromatic heterocycles. The number of benzene rings is 8. The van der Waals surface area contributed by atoms with Gasteiger partial charge in [-0.15, -0.1) is 0 Å². The van der Waals surface area contributed by atoms with Crippen molar-refractivity contribution in [2.24, 2.45) is 0 Å². The summed E-state index contributed by atoms with van der Waals surface area (Å²) < 4.78 is 7.39. The van der Waals surface area contributed by atoms with Crippen LogP contribution in [-0.2, 0) is 0 Å². The molecule has 0 saturated carbocycles. The highest BCUT2D eigenvalue weighted by Crippen LogP contribution is 2.43. The summed E-state index contributed by atoms with van der Waals surface area (Å²) in [6.45, 7) is 0. The zero-order valence-electron chi connectivity index (χ0n) is 30.5. The van der Waals surface area contributed by atoms with Crippen molar-refractivity contribution in [3.05, 3.63) is 182 Å². The van der Waals surface area contributed by atoms with Crippen LogP contribution in [0.2, 0.25) is 0 Å². The first-order valence-electron chi connectivity index (χ1n) is 19.3. The van der Waals surface area contributed by atoms with Crippen molar-refractivity contribution >= 4 is 76.5 Å². The molecule has 13 aromatic rings. The lowest BCUT2D eigenvalue weighted by Gasteiger charge is -2.11. The molecule has 0 aliphatic rings. The molecule has 0 amide bonds. The molecular formula is C51H30N6. The van der Waals surface area contributed by atoms with Crippen LogP contribution in [0.3, 0.4) is 0 Å². The Morgan fingerprint density at radius 3 is 1.18 bits per heavy atom. The van der Waals surface area contributed by atoms with Gasteiger partial charge < -0.3 is 13.4 Å². The molecule has 0 aliphatic carbocycles. The fraction of sp³-hybridized carbons (Fsp3) is 0. The van der Waals surface area contributed by atoms with Gasteiger partial charge >= 0.3 is 0 Å². The van der Waals surface area contributed by atoms with E-state index in [0.717, 1.165) is 33.4 Å². The van der Waals surface area contributed by atoms with Crippen LogP contribution in [0.1, 0.15) is 0 Å². The predicted octanol–water partition coefficient (Wildman–Crippen LogP) is 12.5. The van der Waals surface area contributed by atoms with Gasteiger partial charge in [0.2, 0.25) is 0 Å². The van der Waals surface area contributed by atoms with Crippen molar-refractivity contribution < 1.29 is 0 Å². The topological polar surface area (TPSA) is 52.4 Å². The first-order chi connectivity index (χ1) is 28.3. The quantitative estimate of drug-likeness (QED) is 0.181. The zero-order chi connectivity index (χ0) is 37.2. The number of fused-ring (bicyclic) bond motifs is 8. The minimum Gasteiger partial charge on any atom is -0.309 e. The number of hydrogen-bond donors (Lipinski definition) is 0. The van der Waals surface area contributed by atoms with E-state index in [2.05, 4.69) is 135 Å². The van der Waals surface area contributed by atoms with E-state index in [1.807, 2.05) is 60.7 Å². The maximum Gasteiger partial charge on any atom is 0.164 e. The van der Waals surface area contributed by atoms with Crippen LogP contribution >= 0.6 is 0 Å². The van der Waals surface area contributed by atoms with Crippen LogP contribution in [0.5, 0.6) is 0 Å². The molecule has 0 spiro atoms. The number of aromatic nitrogens is 6. The summed E-state index contributed by atoms with van der Waals surface area (Å²) in [5, 5.41) is 7.49. The second-order valence-corrected chi connectivity index (χ2v) is 14.9. The summed E-state index contributed by atoms with van der Waals surface area (Å²) in [6.07, 6.45) is 0. The molecule has 13 rings (SSSR count). The molecule has 57 heavy (non-hydrogen) atoms. The smallest absolute Gasteiger partial charge is 0.164 e. The van der Waals surface area contributed by atoms with Gasteiger partial charge in [-0.25, -0.2) is 15.0 Å². The van der Waals surface area contributed by atoms with Gasteiger partial charge in [-0.1, -0.05) is 109 Å². The molecular weight excluding hydrogens is 697 g/mol. The highest BCUT2D eigenvalue weighted by molar-refractivity contribution is 6.26. The van der Waals surface area contributed by atoms with Crippen molar-refractivity contribution in [3.8, 4) is 39.9 Å². The van der Waals surface area contributed by atoms with Crippen LogP contribution in [0.4, 0.5) is 0 Å². The molecule has 0 unspecified atom stereocenters. The Morgan fingerprint density at radius 1 is 0.281 bits per heavy atom. The molecule has 8 aromatic carbocycles. The zero-order valence-corrected chi connectivity index (χ0v) is 30.5. The molecule has 0 atom stereocenters. The van der Waals surface area contributed by atoms with Gasteiger partial charge in [-0.3, -0.25) is 0 Å². The normalized spacial score (nSPS) is 12.2. The van der Waals surface area contributed by atoms with Gasteiger partial charge in [0.1, 0.15) is 0 Å². The van der Waals surface area contributed by atoms with Gasteiger partial charge in [-0.2, -0.15) is 0 Å². The van der Waals surface area contributed by atoms with E-state index in [1.54, 1.807) is 0 Å². The number of hydrogen-bond acceptors (Lipinski definition) is 3. The van der Waals surface area contributed by atoms with Gasteiger partial charge in [-0.05, 0) is 72.8 Å². The maximum atomic E-state index is 5.01. The fourth-order valence-electron chi connectivity index (χ4n) is 9.37. The Bertz CT molecular complexity index is 3510. The Hall–Kier alpha value is -7.83. The lowest BCUT2D eigenvalue weighted by Crippen LogP contribution is -2.00. The molecule has 0 aliphatic heterocycles.